The summed E-state index contributed by atoms with van der Waals surface area (Å²) < 4.78 is 5.40. The quantitative estimate of drug-likeness (QED) is 0.666. The number of nitrogens with zero attached hydrogens (tertiary/aromatic N) is 1. The van der Waals surface area contributed by atoms with Crippen molar-refractivity contribution in [1.29, 1.82) is 0 Å². The van der Waals surface area contributed by atoms with E-state index in [2.05, 4.69) is 17.2 Å². The Morgan fingerprint density at radius 1 is 1.53 bits per heavy atom. The van der Waals surface area contributed by atoms with Crippen LogP contribution < -0.4 is 5.32 Å². The highest BCUT2D eigenvalue weighted by Gasteiger charge is 2.12. The Balaban J connectivity index is 2.14. The zero-order chi connectivity index (χ0) is 12.5. The molecule has 1 aromatic heterocycles. The molecule has 0 radical (unpaired) electrons. The summed E-state index contributed by atoms with van der Waals surface area (Å²) in [7, 11) is 0. The summed E-state index contributed by atoms with van der Waals surface area (Å²) in [5, 5.41) is 12.5. The summed E-state index contributed by atoms with van der Waals surface area (Å²) in [4.78, 5) is 14.5. The summed E-state index contributed by atoms with van der Waals surface area (Å²) in [5.74, 6) is -0.993. The minimum absolute atomic E-state index is 0.0990. The van der Waals surface area contributed by atoms with Gasteiger partial charge < -0.3 is 15.2 Å². The Kier molecular flexibility index (Phi) is 6.57. The number of nitrogens with one attached hydrogen (secondary N) is 1. The molecule has 0 fully saturated rings. The first-order valence-electron chi connectivity index (χ1n) is 5.74. The van der Waals surface area contributed by atoms with Crippen molar-refractivity contribution >= 4 is 22.3 Å². The number of carboxylic acid groups (broad SMARTS) is 1. The van der Waals surface area contributed by atoms with Crippen molar-refractivity contribution in [3.05, 3.63) is 11.2 Å². The predicted octanol–water partition coefficient (Wildman–Crippen LogP) is 2.46. The third-order valence-electron chi connectivity index (χ3n) is 2.16. The maximum atomic E-state index is 10.8. The van der Waals surface area contributed by atoms with Crippen molar-refractivity contribution in [2.75, 3.05) is 25.1 Å². The van der Waals surface area contributed by atoms with Crippen LogP contribution in [0.3, 0.4) is 0 Å². The van der Waals surface area contributed by atoms with Crippen molar-refractivity contribution in [2.45, 2.75) is 26.2 Å². The van der Waals surface area contributed by atoms with Gasteiger partial charge in [0, 0.05) is 19.8 Å². The first-order chi connectivity index (χ1) is 8.25. The smallest absolute Gasteiger partial charge is 0.357 e. The number of aromatic carboxylic acids is 1. The molecule has 0 amide bonds. The largest absolute Gasteiger partial charge is 0.476 e. The average molecular weight is 258 g/mol. The van der Waals surface area contributed by atoms with Gasteiger partial charge in [-0.2, -0.15) is 0 Å². The molecule has 0 unspecified atom stereocenters. The van der Waals surface area contributed by atoms with Gasteiger partial charge in [0.25, 0.3) is 0 Å². The van der Waals surface area contributed by atoms with Crippen LogP contribution in [-0.2, 0) is 4.74 Å². The maximum Gasteiger partial charge on any atom is 0.357 e. The van der Waals surface area contributed by atoms with E-state index in [1.54, 1.807) is 0 Å². The molecule has 0 spiro atoms. The number of aromatic nitrogens is 1. The Bertz CT molecular complexity index is 341. The molecule has 96 valence electrons. The van der Waals surface area contributed by atoms with E-state index in [-0.39, 0.29) is 5.69 Å². The number of anilines is 1. The lowest BCUT2D eigenvalue weighted by Gasteiger charge is -2.05. The fourth-order valence-corrected chi connectivity index (χ4v) is 1.95. The van der Waals surface area contributed by atoms with Crippen LogP contribution in [0.25, 0.3) is 0 Å². The van der Waals surface area contributed by atoms with Crippen LogP contribution in [-0.4, -0.2) is 35.8 Å². The van der Waals surface area contributed by atoms with Gasteiger partial charge in [0.1, 0.15) is 5.00 Å². The number of thiazole rings is 1. The fraction of sp³-hybridized carbons (Fsp3) is 0.636. The van der Waals surface area contributed by atoms with Crippen molar-refractivity contribution in [2.24, 2.45) is 0 Å². The molecule has 0 saturated heterocycles. The predicted molar refractivity (Wildman–Crippen MR) is 67.9 cm³/mol. The fourth-order valence-electron chi connectivity index (χ4n) is 1.25. The third-order valence-corrected chi connectivity index (χ3v) is 2.95. The summed E-state index contributed by atoms with van der Waals surface area (Å²) >= 11 is 1.31. The molecule has 0 aliphatic carbocycles. The molecule has 5 nitrogen and oxygen atoms in total. The van der Waals surface area contributed by atoms with E-state index in [1.807, 2.05) is 0 Å². The Morgan fingerprint density at radius 3 is 3.00 bits per heavy atom. The minimum atomic E-state index is -0.993. The van der Waals surface area contributed by atoms with E-state index >= 15 is 0 Å². The average Bonchev–Trinajstić information content (AvgIpc) is 2.76. The molecule has 0 aromatic carbocycles. The first-order valence-corrected chi connectivity index (χ1v) is 6.62. The van der Waals surface area contributed by atoms with E-state index in [0.29, 0.717) is 18.2 Å². The second-order valence-corrected chi connectivity index (χ2v) is 4.44. The van der Waals surface area contributed by atoms with Crippen molar-refractivity contribution in [1.82, 2.24) is 4.98 Å². The van der Waals surface area contributed by atoms with Gasteiger partial charge in [0.15, 0.2) is 5.69 Å². The van der Waals surface area contributed by atoms with Crippen molar-refractivity contribution in [3.63, 3.8) is 0 Å². The highest BCUT2D eigenvalue weighted by atomic mass is 32.1. The number of hydrogen-bond donors (Lipinski definition) is 2. The van der Waals surface area contributed by atoms with E-state index in [4.69, 9.17) is 9.84 Å². The molecule has 0 bridgehead atoms. The molecule has 1 aromatic rings. The molecule has 6 heteroatoms. The van der Waals surface area contributed by atoms with Gasteiger partial charge in [0.2, 0.25) is 0 Å². The number of ether oxygens (including phenoxy) is 1. The molecule has 0 atom stereocenters. The Labute approximate surface area is 105 Å². The zero-order valence-corrected chi connectivity index (χ0v) is 10.8. The molecule has 17 heavy (non-hydrogen) atoms. The van der Waals surface area contributed by atoms with Gasteiger partial charge in [-0.15, -0.1) is 11.3 Å². The SMILES string of the molecule is CCCCOCCCNc1scnc1C(=O)O. The lowest BCUT2D eigenvalue weighted by atomic mass is 10.3. The van der Waals surface area contributed by atoms with Gasteiger partial charge in [-0.05, 0) is 12.8 Å². The second kappa shape index (κ2) is 8.03. The molecule has 2 N–H and O–H groups in total. The summed E-state index contributed by atoms with van der Waals surface area (Å²) in [6.45, 7) is 4.34. The highest BCUT2D eigenvalue weighted by molar-refractivity contribution is 7.14. The summed E-state index contributed by atoms with van der Waals surface area (Å²) in [6.07, 6.45) is 3.09. The first kappa shape index (κ1) is 13.9. The standard InChI is InChI=1S/C11H18N2O3S/c1-2-3-6-16-7-4-5-12-10-9(11(14)15)13-8-17-10/h8,12H,2-7H2,1H3,(H,14,15). The number of rotatable bonds is 9. The second-order valence-electron chi connectivity index (χ2n) is 3.58. The van der Waals surface area contributed by atoms with Crippen LogP contribution in [0, 0.1) is 0 Å². The molecule has 1 heterocycles. The van der Waals surface area contributed by atoms with Crippen molar-refractivity contribution < 1.29 is 14.6 Å². The van der Waals surface area contributed by atoms with Crippen LogP contribution in [0.5, 0.6) is 0 Å². The molecular weight excluding hydrogens is 240 g/mol. The van der Waals surface area contributed by atoms with Crippen LogP contribution >= 0.6 is 11.3 Å². The van der Waals surface area contributed by atoms with E-state index in [9.17, 15) is 4.79 Å². The number of carbonyl (C=O) groups is 1. The topological polar surface area (TPSA) is 71.5 Å². The molecular formula is C11H18N2O3S. The van der Waals surface area contributed by atoms with Gasteiger partial charge in [-0.3, -0.25) is 0 Å². The molecule has 0 aliphatic heterocycles. The maximum absolute atomic E-state index is 10.8. The molecule has 1 rings (SSSR count). The number of unbranched alkanes of at least 4 members (excludes halogenated alkanes) is 1. The van der Waals surface area contributed by atoms with E-state index in [0.717, 1.165) is 25.9 Å². The van der Waals surface area contributed by atoms with Crippen LogP contribution in [0.2, 0.25) is 0 Å². The van der Waals surface area contributed by atoms with Gasteiger partial charge >= 0.3 is 5.97 Å². The van der Waals surface area contributed by atoms with Crippen LogP contribution in [0.4, 0.5) is 5.00 Å². The van der Waals surface area contributed by atoms with Gasteiger partial charge in [0.05, 0.1) is 5.51 Å². The normalized spacial score (nSPS) is 10.4. The van der Waals surface area contributed by atoms with Crippen LogP contribution in [0.15, 0.2) is 5.51 Å². The Morgan fingerprint density at radius 2 is 2.29 bits per heavy atom. The van der Waals surface area contributed by atoms with Gasteiger partial charge in [-0.25, -0.2) is 9.78 Å². The molecule has 0 aliphatic rings. The minimum Gasteiger partial charge on any atom is -0.476 e. The lowest BCUT2D eigenvalue weighted by Crippen LogP contribution is -2.08. The van der Waals surface area contributed by atoms with E-state index in [1.165, 1.54) is 16.8 Å². The molecule has 0 saturated carbocycles. The number of carboxylic acids is 1. The summed E-state index contributed by atoms with van der Waals surface area (Å²) in [5.41, 5.74) is 1.63. The van der Waals surface area contributed by atoms with Crippen molar-refractivity contribution in [3.8, 4) is 0 Å². The summed E-state index contributed by atoms with van der Waals surface area (Å²) in [6, 6.07) is 0. The van der Waals surface area contributed by atoms with Crippen LogP contribution in [0.1, 0.15) is 36.7 Å². The lowest BCUT2D eigenvalue weighted by molar-refractivity contribution is 0.0692. The third kappa shape index (κ3) is 5.14. The highest BCUT2D eigenvalue weighted by Crippen LogP contribution is 2.19. The Hall–Kier alpha value is -1.14. The number of hydrogen-bond acceptors (Lipinski definition) is 5. The van der Waals surface area contributed by atoms with Gasteiger partial charge in [-0.1, -0.05) is 13.3 Å². The zero-order valence-electron chi connectivity index (χ0n) is 9.94. The van der Waals surface area contributed by atoms with E-state index < -0.39 is 5.97 Å². The monoisotopic (exact) mass is 258 g/mol.